The van der Waals surface area contributed by atoms with Gasteiger partial charge in [0.1, 0.15) is 6.61 Å². The number of ether oxygens (including phenoxy) is 4. The molecule has 3 heterocycles. The van der Waals surface area contributed by atoms with Crippen molar-refractivity contribution < 1.29 is 62.4 Å². The van der Waals surface area contributed by atoms with Crippen LogP contribution in [0, 0.1) is 0 Å². The van der Waals surface area contributed by atoms with Gasteiger partial charge in [0, 0.05) is 61.6 Å². The molecule has 17 nitrogen and oxygen atoms in total. The van der Waals surface area contributed by atoms with Crippen molar-refractivity contribution in [2.24, 2.45) is 0 Å². The maximum absolute atomic E-state index is 13.1. The van der Waals surface area contributed by atoms with E-state index in [0.717, 1.165) is 51.2 Å². The fraction of sp³-hybridized carbons (Fsp3) is 0.533. The molecule has 0 bridgehead atoms. The average Bonchev–Trinajstić information content (AvgIpc) is 3.65. The van der Waals surface area contributed by atoms with Crippen LogP contribution in [0.25, 0.3) is 0 Å². The fourth-order valence-corrected chi connectivity index (χ4v) is 4.81. The molecule has 17 heteroatoms. The molecule has 0 aromatic rings. The van der Waals surface area contributed by atoms with E-state index in [-0.39, 0.29) is 91.6 Å². The normalized spacial score (nSPS) is 16.1. The van der Waals surface area contributed by atoms with Crippen LogP contribution in [0.3, 0.4) is 0 Å². The van der Waals surface area contributed by atoms with Crippen molar-refractivity contribution in [1.82, 2.24) is 20.0 Å². The Morgan fingerprint density at radius 2 is 0.872 bits per heavy atom. The van der Waals surface area contributed by atoms with Crippen molar-refractivity contribution in [2.45, 2.75) is 31.2 Å². The second-order valence-corrected chi connectivity index (χ2v) is 10.6. The number of amides is 7. The topological polar surface area (TPSA) is 215 Å². The number of carbonyl (C=O) groups excluding carboxylic acids is 7. The van der Waals surface area contributed by atoms with Crippen LogP contribution < -0.4 is 5.32 Å². The molecular weight excluding hydrogens is 624 g/mol. The van der Waals surface area contributed by atoms with E-state index in [0.29, 0.717) is 0 Å². The summed E-state index contributed by atoms with van der Waals surface area (Å²) in [6.45, 7) is 0.505. The number of imide groups is 3. The first kappa shape index (κ1) is 36.9. The van der Waals surface area contributed by atoms with Crippen molar-refractivity contribution in [1.29, 1.82) is 0 Å². The van der Waals surface area contributed by atoms with E-state index in [2.05, 4.69) is 5.32 Å². The van der Waals surface area contributed by atoms with Crippen LogP contribution in [0.2, 0.25) is 0 Å². The highest BCUT2D eigenvalue weighted by Gasteiger charge is 2.38. The first-order valence-corrected chi connectivity index (χ1v) is 15.0. The maximum atomic E-state index is 13.1. The minimum atomic E-state index is -1.29. The van der Waals surface area contributed by atoms with Crippen LogP contribution in [-0.2, 0) is 57.3 Å². The molecule has 7 amide bonds. The molecule has 47 heavy (non-hydrogen) atoms. The predicted molar refractivity (Wildman–Crippen MR) is 158 cm³/mol. The fourth-order valence-electron chi connectivity index (χ4n) is 4.81. The van der Waals surface area contributed by atoms with Gasteiger partial charge in [-0.2, -0.15) is 0 Å². The number of nitrogens with zero attached hydrogens (tertiary/aromatic N) is 3. The lowest BCUT2D eigenvalue weighted by molar-refractivity contribution is -0.139. The first-order valence-electron chi connectivity index (χ1n) is 15.0. The number of hydrogen-bond acceptors (Lipinski definition) is 12. The lowest BCUT2D eigenvalue weighted by Gasteiger charge is -2.38. The molecule has 0 aliphatic carbocycles. The number of rotatable bonds is 24. The number of carbonyl (C=O) groups is 8. The van der Waals surface area contributed by atoms with E-state index in [4.69, 9.17) is 24.1 Å². The molecule has 256 valence electrons. The summed E-state index contributed by atoms with van der Waals surface area (Å²) in [5, 5.41) is 11.4. The summed E-state index contributed by atoms with van der Waals surface area (Å²) in [6, 6.07) is 0. The zero-order valence-electron chi connectivity index (χ0n) is 25.8. The first-order chi connectivity index (χ1) is 22.5. The SMILES string of the molecule is O=C(O)CCOCCOCCOCCOCC(=O)NC(CCN1C(=O)C=CC1=O)(CCN1C(=O)C=CC1=O)CCN1C(=O)C=CC1=O. The van der Waals surface area contributed by atoms with Crippen LogP contribution in [0.15, 0.2) is 36.5 Å². The van der Waals surface area contributed by atoms with Gasteiger partial charge in [-0.3, -0.25) is 53.1 Å². The molecule has 0 saturated heterocycles. The molecule has 0 aromatic heterocycles. The third-order valence-electron chi connectivity index (χ3n) is 7.36. The zero-order valence-corrected chi connectivity index (χ0v) is 25.8. The minimum absolute atomic E-state index is 0.0150. The number of aliphatic carboxylic acids is 1. The van der Waals surface area contributed by atoms with Crippen molar-refractivity contribution in [2.75, 3.05) is 72.5 Å². The zero-order chi connectivity index (χ0) is 34.2. The predicted octanol–water partition coefficient (Wildman–Crippen LogP) is -1.67. The molecule has 0 radical (unpaired) electrons. The Hall–Kier alpha value is -4.58. The van der Waals surface area contributed by atoms with Gasteiger partial charge >= 0.3 is 5.97 Å². The average molecular weight is 663 g/mol. The highest BCUT2D eigenvalue weighted by atomic mass is 16.6. The summed E-state index contributed by atoms with van der Waals surface area (Å²) in [7, 11) is 0. The lowest BCUT2D eigenvalue weighted by Crippen LogP contribution is -2.55. The number of hydrogen-bond donors (Lipinski definition) is 2. The summed E-state index contributed by atoms with van der Waals surface area (Å²) in [5.41, 5.74) is -1.29. The van der Waals surface area contributed by atoms with Crippen molar-refractivity contribution in [3.63, 3.8) is 0 Å². The van der Waals surface area contributed by atoms with E-state index >= 15 is 0 Å². The van der Waals surface area contributed by atoms with Gasteiger partial charge in [-0.15, -0.1) is 0 Å². The second kappa shape index (κ2) is 18.5. The third-order valence-corrected chi connectivity index (χ3v) is 7.36. The Bertz CT molecular complexity index is 1140. The highest BCUT2D eigenvalue weighted by molar-refractivity contribution is 6.14. The quantitative estimate of drug-likeness (QED) is 0.0874. The molecule has 3 aliphatic rings. The number of nitrogens with one attached hydrogen (secondary N) is 1. The van der Waals surface area contributed by atoms with Crippen molar-refractivity contribution >= 4 is 47.3 Å². The van der Waals surface area contributed by atoms with E-state index in [1.807, 2.05) is 0 Å². The van der Waals surface area contributed by atoms with E-state index < -0.39 is 59.5 Å². The van der Waals surface area contributed by atoms with Crippen LogP contribution in [0.5, 0.6) is 0 Å². The summed E-state index contributed by atoms with van der Waals surface area (Å²) in [4.78, 5) is 100.0. The molecule has 2 N–H and O–H groups in total. The van der Waals surface area contributed by atoms with Crippen molar-refractivity contribution in [3.8, 4) is 0 Å². The third kappa shape index (κ3) is 11.9. The lowest BCUT2D eigenvalue weighted by atomic mass is 9.86. The van der Waals surface area contributed by atoms with Gasteiger partial charge in [0.15, 0.2) is 0 Å². The van der Waals surface area contributed by atoms with Gasteiger partial charge < -0.3 is 29.4 Å². The van der Waals surface area contributed by atoms with Gasteiger partial charge in [-0.1, -0.05) is 0 Å². The Morgan fingerprint density at radius 1 is 0.553 bits per heavy atom. The summed E-state index contributed by atoms with van der Waals surface area (Å²) < 4.78 is 21.2. The van der Waals surface area contributed by atoms with Gasteiger partial charge in [0.05, 0.1) is 52.7 Å². The largest absolute Gasteiger partial charge is 0.481 e. The van der Waals surface area contributed by atoms with E-state index in [9.17, 15) is 38.4 Å². The molecule has 3 rings (SSSR count). The van der Waals surface area contributed by atoms with Crippen LogP contribution in [0.1, 0.15) is 25.7 Å². The molecule has 0 saturated carbocycles. The standard InChI is InChI=1S/C30H38N4O13/c35-22(21-47-20-19-46-18-17-45-16-15-44-14-7-29(42)43)31-30(8-11-32-23(36)1-2-24(32)37,9-12-33-25(38)3-4-26(33)39)10-13-34-27(40)5-6-28(34)41/h1-6H,7-21H2,(H,31,35)(H,42,43). The molecule has 0 unspecified atom stereocenters. The molecule has 0 spiro atoms. The Kier molecular flexibility index (Phi) is 14.5. The smallest absolute Gasteiger partial charge is 0.305 e. The highest BCUT2D eigenvalue weighted by Crippen LogP contribution is 2.25. The number of carboxylic acid groups (broad SMARTS) is 1. The van der Waals surface area contributed by atoms with Gasteiger partial charge in [-0.05, 0) is 19.3 Å². The summed E-state index contributed by atoms with van der Waals surface area (Å²) in [6.07, 6.45) is 6.56. The minimum Gasteiger partial charge on any atom is -0.481 e. The Labute approximate surface area is 270 Å². The van der Waals surface area contributed by atoms with Gasteiger partial charge in [0.2, 0.25) is 5.91 Å². The molecule has 0 atom stereocenters. The number of carboxylic acids is 1. The summed E-state index contributed by atoms with van der Waals surface area (Å²) >= 11 is 0. The van der Waals surface area contributed by atoms with Crippen LogP contribution in [-0.4, -0.2) is 145 Å². The molecule has 3 aliphatic heterocycles. The van der Waals surface area contributed by atoms with Crippen LogP contribution in [0.4, 0.5) is 0 Å². The second-order valence-electron chi connectivity index (χ2n) is 10.6. The van der Waals surface area contributed by atoms with E-state index in [1.165, 1.54) is 0 Å². The Balaban J connectivity index is 1.54. The molecule has 0 fully saturated rings. The Morgan fingerprint density at radius 3 is 1.21 bits per heavy atom. The van der Waals surface area contributed by atoms with Gasteiger partial charge in [0.25, 0.3) is 35.4 Å². The van der Waals surface area contributed by atoms with Crippen LogP contribution >= 0.6 is 0 Å². The van der Waals surface area contributed by atoms with Crippen molar-refractivity contribution in [3.05, 3.63) is 36.5 Å². The molecular formula is C30H38N4O13. The van der Waals surface area contributed by atoms with E-state index in [1.54, 1.807) is 0 Å². The van der Waals surface area contributed by atoms with Gasteiger partial charge in [-0.25, -0.2) is 0 Å². The maximum Gasteiger partial charge on any atom is 0.305 e. The summed E-state index contributed by atoms with van der Waals surface area (Å²) in [5.74, 6) is -4.81. The molecule has 0 aromatic carbocycles. The monoisotopic (exact) mass is 662 g/mol.